The third kappa shape index (κ3) is 8.09. The van der Waals surface area contributed by atoms with Crippen LogP contribution in [0.2, 0.25) is 0 Å². The Morgan fingerprint density at radius 1 is 0.948 bits per heavy atom. The first-order chi connectivity index (χ1) is 28.3. The minimum Gasteiger partial charge on any atom is -0.459 e. The number of aliphatic hydroxyl groups excluding tert-OH is 2. The van der Waals surface area contributed by atoms with Crippen molar-refractivity contribution in [3.63, 3.8) is 0 Å². The molecule has 3 aromatic carbocycles. The summed E-state index contributed by atoms with van der Waals surface area (Å²) in [5.41, 5.74) is 5.53. The van der Waals surface area contributed by atoms with Crippen LogP contribution in [0.4, 0.5) is 0 Å². The molecular formula is C47H58N2O9. The van der Waals surface area contributed by atoms with E-state index in [4.69, 9.17) is 33.7 Å². The molecule has 6 atom stereocenters. The quantitative estimate of drug-likeness (QED) is 0.0739. The summed E-state index contributed by atoms with van der Waals surface area (Å²) in [4.78, 5) is 22.4. The number of fused-ring (bicyclic) bond motifs is 3. The lowest BCUT2D eigenvalue weighted by atomic mass is 9.55. The van der Waals surface area contributed by atoms with Gasteiger partial charge in [0.1, 0.15) is 30.4 Å². The summed E-state index contributed by atoms with van der Waals surface area (Å²) in [5, 5.41) is 24.5. The molecular weight excluding hydrogens is 737 g/mol. The molecule has 4 aliphatic rings. The van der Waals surface area contributed by atoms with Crippen LogP contribution < -0.4 is 18.9 Å². The molecule has 0 aromatic heterocycles. The van der Waals surface area contributed by atoms with Crippen molar-refractivity contribution in [1.82, 2.24) is 4.90 Å². The van der Waals surface area contributed by atoms with Gasteiger partial charge in [-0.3, -0.25) is 4.79 Å². The Balaban J connectivity index is 1.43. The Bertz CT molecular complexity index is 2010. The molecule has 7 rings (SSSR count). The summed E-state index contributed by atoms with van der Waals surface area (Å²) in [7, 11) is 1.56. The number of allylic oxidation sites excluding steroid dienone is 1. The third-order valence-electron chi connectivity index (χ3n) is 12.3. The van der Waals surface area contributed by atoms with Crippen molar-refractivity contribution in [2.24, 2.45) is 22.9 Å². The molecule has 2 aliphatic carbocycles. The second-order valence-corrected chi connectivity index (χ2v) is 15.9. The third-order valence-corrected chi connectivity index (χ3v) is 12.3. The number of unbranched alkanes of at least 4 members (excludes halogenated alkanes) is 2. The predicted molar refractivity (Wildman–Crippen MR) is 222 cm³/mol. The molecule has 0 saturated heterocycles. The van der Waals surface area contributed by atoms with Crippen LogP contribution >= 0.6 is 0 Å². The molecule has 2 N–H and O–H groups in total. The fourth-order valence-electron chi connectivity index (χ4n) is 9.57. The number of carbonyl (C=O) groups excluding carboxylic acids is 1. The zero-order valence-electron chi connectivity index (χ0n) is 34.3. The Morgan fingerprint density at radius 3 is 2.43 bits per heavy atom. The Hall–Kier alpha value is -4.84. The molecule has 1 saturated carbocycles. The van der Waals surface area contributed by atoms with Crippen LogP contribution in [0.5, 0.6) is 28.7 Å². The number of hydrogen-bond acceptors (Lipinski definition) is 10. The molecule has 2 aliphatic heterocycles. The second kappa shape index (κ2) is 18.4. The van der Waals surface area contributed by atoms with Crippen molar-refractivity contribution in [2.45, 2.75) is 89.9 Å². The number of rotatable bonds is 18. The first-order valence-corrected chi connectivity index (χ1v) is 20.8. The van der Waals surface area contributed by atoms with Crippen molar-refractivity contribution >= 4 is 11.6 Å². The number of carbonyl (C=O) groups is 1. The van der Waals surface area contributed by atoms with Gasteiger partial charge in [-0.1, -0.05) is 43.1 Å². The van der Waals surface area contributed by atoms with Crippen molar-refractivity contribution in [2.75, 3.05) is 40.3 Å². The fourth-order valence-corrected chi connectivity index (χ4v) is 9.57. The molecule has 3 aromatic rings. The predicted octanol–water partition coefficient (Wildman–Crippen LogP) is 8.64. The van der Waals surface area contributed by atoms with Crippen molar-refractivity contribution in [3.8, 4) is 28.7 Å². The van der Waals surface area contributed by atoms with E-state index in [-0.39, 0.29) is 50.3 Å². The molecule has 1 fully saturated rings. The van der Waals surface area contributed by atoms with Gasteiger partial charge in [0.15, 0.2) is 11.5 Å². The summed E-state index contributed by atoms with van der Waals surface area (Å²) in [6.07, 6.45) is 9.83. The van der Waals surface area contributed by atoms with E-state index >= 15 is 0 Å². The smallest absolute Gasteiger partial charge is 0.254 e. The van der Waals surface area contributed by atoms with Crippen LogP contribution in [-0.2, 0) is 9.57 Å². The van der Waals surface area contributed by atoms with Gasteiger partial charge in [0.2, 0.25) is 12.6 Å². The molecule has 0 spiro atoms. The number of nitrogens with zero attached hydrogens (tertiary/aromatic N) is 2. The van der Waals surface area contributed by atoms with E-state index in [1.165, 1.54) is 5.56 Å². The number of benzene rings is 3. The van der Waals surface area contributed by atoms with Gasteiger partial charge < -0.3 is 43.6 Å². The molecule has 0 bridgehead atoms. The zero-order valence-corrected chi connectivity index (χ0v) is 34.3. The van der Waals surface area contributed by atoms with Gasteiger partial charge in [-0.25, -0.2) is 0 Å². The van der Waals surface area contributed by atoms with E-state index in [1.807, 2.05) is 23.1 Å². The van der Waals surface area contributed by atoms with Crippen LogP contribution in [0.25, 0.3) is 0 Å². The molecule has 310 valence electrons. The second-order valence-electron chi connectivity index (χ2n) is 15.9. The topological polar surface area (TPSA) is 129 Å². The molecule has 58 heavy (non-hydrogen) atoms. The van der Waals surface area contributed by atoms with Crippen LogP contribution in [0, 0.1) is 31.6 Å². The van der Waals surface area contributed by atoms with Crippen LogP contribution in [0.1, 0.15) is 91.3 Å². The van der Waals surface area contributed by atoms with Gasteiger partial charge in [-0.15, -0.1) is 6.58 Å². The maximum absolute atomic E-state index is 14.9. The lowest BCUT2D eigenvalue weighted by Crippen LogP contribution is -2.70. The lowest BCUT2D eigenvalue weighted by molar-refractivity contribution is -0.254. The highest BCUT2D eigenvalue weighted by Gasteiger charge is 2.65. The number of aryl methyl sites for hydroxylation is 2. The zero-order chi connectivity index (χ0) is 40.8. The number of ether oxygens (including phenoxy) is 5. The van der Waals surface area contributed by atoms with Crippen LogP contribution in [0.15, 0.2) is 84.1 Å². The number of amides is 1. The highest BCUT2D eigenvalue weighted by Crippen LogP contribution is 2.62. The monoisotopic (exact) mass is 794 g/mol. The molecule has 2 heterocycles. The Labute approximate surface area is 342 Å². The van der Waals surface area contributed by atoms with E-state index in [2.05, 4.69) is 51.6 Å². The van der Waals surface area contributed by atoms with Gasteiger partial charge in [-0.05, 0) is 123 Å². The maximum atomic E-state index is 14.9. The summed E-state index contributed by atoms with van der Waals surface area (Å²) in [6, 6.07) is 16.8. The number of aliphatic hydroxyl groups is 2. The Morgan fingerprint density at radius 2 is 1.69 bits per heavy atom. The Kier molecular flexibility index (Phi) is 13.1. The molecule has 0 radical (unpaired) electrons. The number of hydrogen-bond donors (Lipinski definition) is 2. The maximum Gasteiger partial charge on any atom is 0.254 e. The summed E-state index contributed by atoms with van der Waals surface area (Å²) in [6.45, 7) is 11.2. The number of oxime groups is 1. The fraction of sp³-hybridized carbons (Fsp3) is 0.489. The largest absolute Gasteiger partial charge is 0.459 e. The van der Waals surface area contributed by atoms with Gasteiger partial charge in [-0.2, -0.15) is 0 Å². The minimum absolute atomic E-state index is 0.0944. The summed E-state index contributed by atoms with van der Waals surface area (Å²) in [5.74, 6) is 1.34. The van der Waals surface area contributed by atoms with Crippen LogP contribution in [-0.4, -0.2) is 78.8 Å². The van der Waals surface area contributed by atoms with E-state index < -0.39 is 17.7 Å². The highest BCUT2D eigenvalue weighted by atomic mass is 16.7. The summed E-state index contributed by atoms with van der Waals surface area (Å²) >= 11 is 0. The van der Waals surface area contributed by atoms with E-state index in [0.29, 0.717) is 60.8 Å². The van der Waals surface area contributed by atoms with Gasteiger partial charge >= 0.3 is 0 Å². The molecule has 0 unspecified atom stereocenters. The lowest BCUT2D eigenvalue weighted by Gasteiger charge is -2.60. The first-order valence-electron chi connectivity index (χ1n) is 20.8. The highest BCUT2D eigenvalue weighted by molar-refractivity contribution is 6.03. The normalized spacial score (nSPS) is 24.6. The van der Waals surface area contributed by atoms with E-state index in [9.17, 15) is 15.0 Å². The SMILES string of the molecule is C=CCO[C@@]12Oc3ccc(Oc4ccc(C)c(C)c4)cc3[C@H]3[C@H](CCCCO)[C@@H](CCCCO)C=C(C(=NOC)C[C@@H]1N(CCC)C(=O)c1ccc4c(c1)OCO4)[C@H]32. The van der Waals surface area contributed by atoms with E-state index in [1.54, 1.807) is 31.4 Å². The van der Waals surface area contributed by atoms with Crippen LogP contribution in [0.3, 0.4) is 0 Å². The summed E-state index contributed by atoms with van der Waals surface area (Å²) < 4.78 is 32.3. The average Bonchev–Trinajstić information content (AvgIpc) is 3.71. The average molecular weight is 795 g/mol. The van der Waals surface area contributed by atoms with Crippen molar-refractivity contribution < 1.29 is 43.5 Å². The van der Waals surface area contributed by atoms with E-state index in [0.717, 1.165) is 53.8 Å². The van der Waals surface area contributed by atoms with Gasteiger partial charge in [0, 0.05) is 43.2 Å². The van der Waals surface area contributed by atoms with Gasteiger partial charge in [0.05, 0.1) is 18.2 Å². The minimum atomic E-state index is -1.35. The molecule has 11 heteroatoms. The standard InChI is InChI=1S/C47H58N2O9/c1-6-20-49(46(52)33-15-18-41-42(26-33)55-29-54-41)43-28-39(48-53-5)37-25-32(12-8-10-21-50)36(13-9-11-22-51)44-38-27-35(57-34-16-14-30(3)31(4)24-34)17-19-40(38)58-47(43,45(37)44)56-23-7-2/h7,14-19,24-27,32,36,43-45,50-51H,2,6,8-13,20-23,28-29H2,1,3-5H3/t32-,36+,43-,44+,45+,47+/m0/s1. The van der Waals surface area contributed by atoms with Crippen molar-refractivity contribution in [3.05, 3.63) is 101 Å². The van der Waals surface area contributed by atoms with Gasteiger partial charge in [0.25, 0.3) is 5.91 Å². The first kappa shape index (κ1) is 41.3. The molecule has 11 nitrogen and oxygen atoms in total. The molecule has 1 amide bonds. The van der Waals surface area contributed by atoms with Crippen molar-refractivity contribution in [1.29, 1.82) is 0 Å².